The normalized spacial score (nSPS) is 19.8. The maximum absolute atomic E-state index is 13.5. The van der Waals surface area contributed by atoms with Gasteiger partial charge in [-0.05, 0) is 36.1 Å². The van der Waals surface area contributed by atoms with Crippen molar-refractivity contribution in [3.8, 4) is 0 Å². The monoisotopic (exact) mass is 444 g/mol. The Kier molecular flexibility index (Phi) is 5.19. The van der Waals surface area contributed by atoms with Crippen LogP contribution in [-0.2, 0) is 16.0 Å². The molecule has 3 N–H and O–H groups in total. The van der Waals surface area contributed by atoms with E-state index < -0.39 is 12.1 Å². The first-order chi connectivity index (χ1) is 15.9. The standard InChI is InChI=1S/C26H28N4O3/c1-14(2)13-27-24(31)15(3)28-25(32)21-12-19-16-8-6-7-11-20(16)29-22(19)23-17-9-4-5-10-18(17)26(33)30(21)23/h4-11,14-15,21,23,29H,12-13H2,1-3H3,(H,27,31)(H,28,32)/t15-,21-,23-/m0/s1. The quantitative estimate of drug-likeness (QED) is 0.565. The van der Waals surface area contributed by atoms with E-state index in [-0.39, 0.29) is 23.8 Å². The molecule has 2 aliphatic heterocycles. The van der Waals surface area contributed by atoms with Crippen molar-refractivity contribution in [2.45, 2.75) is 45.3 Å². The van der Waals surface area contributed by atoms with Crippen molar-refractivity contribution >= 4 is 28.6 Å². The van der Waals surface area contributed by atoms with E-state index >= 15 is 0 Å². The molecule has 7 nitrogen and oxygen atoms in total. The van der Waals surface area contributed by atoms with Gasteiger partial charge in [-0.1, -0.05) is 50.2 Å². The number of nitrogens with zero attached hydrogens (tertiary/aromatic N) is 1. The fourth-order valence-electron chi connectivity index (χ4n) is 4.97. The van der Waals surface area contributed by atoms with Gasteiger partial charge in [0.05, 0.1) is 6.04 Å². The first-order valence-electron chi connectivity index (χ1n) is 11.5. The maximum atomic E-state index is 13.5. The van der Waals surface area contributed by atoms with Crippen LogP contribution in [0.25, 0.3) is 10.9 Å². The van der Waals surface area contributed by atoms with E-state index in [0.717, 1.165) is 27.7 Å². The lowest BCUT2D eigenvalue weighted by Gasteiger charge is -2.37. The molecular weight excluding hydrogens is 416 g/mol. The predicted octanol–water partition coefficient (Wildman–Crippen LogP) is 2.91. The molecule has 0 unspecified atom stereocenters. The van der Waals surface area contributed by atoms with E-state index in [2.05, 4.69) is 15.6 Å². The molecule has 0 aliphatic carbocycles. The van der Waals surface area contributed by atoms with Gasteiger partial charge < -0.3 is 20.5 Å². The van der Waals surface area contributed by atoms with E-state index in [1.807, 2.05) is 62.4 Å². The summed E-state index contributed by atoms with van der Waals surface area (Å²) in [6.07, 6.45) is 0.391. The minimum absolute atomic E-state index is 0.156. The van der Waals surface area contributed by atoms with Gasteiger partial charge in [0.25, 0.3) is 5.91 Å². The number of para-hydroxylation sites is 1. The number of nitrogens with one attached hydrogen (secondary N) is 3. The summed E-state index contributed by atoms with van der Waals surface area (Å²) >= 11 is 0. The van der Waals surface area contributed by atoms with Gasteiger partial charge in [-0.15, -0.1) is 0 Å². The molecule has 3 amide bonds. The number of carbonyl (C=O) groups excluding carboxylic acids is 3. The summed E-state index contributed by atoms with van der Waals surface area (Å²) < 4.78 is 0. The molecule has 0 saturated heterocycles. The maximum Gasteiger partial charge on any atom is 0.255 e. The van der Waals surface area contributed by atoms with Gasteiger partial charge in [-0.2, -0.15) is 0 Å². The molecular formula is C26H28N4O3. The number of hydrogen-bond donors (Lipinski definition) is 3. The molecule has 7 heteroatoms. The van der Waals surface area contributed by atoms with Crippen LogP contribution in [0.4, 0.5) is 0 Å². The summed E-state index contributed by atoms with van der Waals surface area (Å²) in [6, 6.07) is 13.8. The molecule has 0 spiro atoms. The molecule has 3 aromatic rings. The fraction of sp³-hybridized carbons (Fsp3) is 0.346. The average Bonchev–Trinajstić information content (AvgIpc) is 3.32. The Bertz CT molecular complexity index is 1260. The molecule has 2 aromatic carbocycles. The lowest BCUT2D eigenvalue weighted by molar-refractivity contribution is -0.131. The number of amides is 3. The van der Waals surface area contributed by atoms with Crippen LogP contribution in [0.3, 0.4) is 0 Å². The Morgan fingerprint density at radius 3 is 2.61 bits per heavy atom. The van der Waals surface area contributed by atoms with Crippen LogP contribution >= 0.6 is 0 Å². The van der Waals surface area contributed by atoms with E-state index in [9.17, 15) is 14.4 Å². The van der Waals surface area contributed by atoms with Gasteiger partial charge >= 0.3 is 0 Å². The van der Waals surface area contributed by atoms with Crippen LogP contribution in [0.2, 0.25) is 0 Å². The van der Waals surface area contributed by atoms with Crippen LogP contribution in [0, 0.1) is 5.92 Å². The van der Waals surface area contributed by atoms with Gasteiger partial charge in [0, 0.05) is 35.1 Å². The van der Waals surface area contributed by atoms with Crippen molar-refractivity contribution in [3.05, 3.63) is 70.9 Å². The summed E-state index contributed by atoms with van der Waals surface area (Å²) in [7, 11) is 0. The topological polar surface area (TPSA) is 94.3 Å². The van der Waals surface area contributed by atoms with Crippen LogP contribution in [0.15, 0.2) is 48.5 Å². The van der Waals surface area contributed by atoms with Crippen molar-refractivity contribution in [2.24, 2.45) is 5.92 Å². The third-order valence-corrected chi connectivity index (χ3v) is 6.59. The highest BCUT2D eigenvalue weighted by atomic mass is 16.2. The highest BCUT2D eigenvalue weighted by molar-refractivity contribution is 6.04. The molecule has 170 valence electrons. The fourth-order valence-corrected chi connectivity index (χ4v) is 4.97. The SMILES string of the molecule is CC(C)CNC(=O)[C@H](C)NC(=O)[C@@H]1Cc2c([nH]c3ccccc23)[C@@H]2c3ccccc3C(=O)N21. The van der Waals surface area contributed by atoms with Gasteiger partial charge in [0.2, 0.25) is 11.8 Å². The van der Waals surface area contributed by atoms with Crippen LogP contribution < -0.4 is 10.6 Å². The lowest BCUT2D eigenvalue weighted by atomic mass is 9.90. The Balaban J connectivity index is 1.51. The van der Waals surface area contributed by atoms with Crippen molar-refractivity contribution in [1.82, 2.24) is 20.5 Å². The highest BCUT2D eigenvalue weighted by Gasteiger charge is 2.49. The molecule has 5 rings (SSSR count). The van der Waals surface area contributed by atoms with Crippen LogP contribution in [0.1, 0.15) is 54.0 Å². The Hall–Kier alpha value is -3.61. The summed E-state index contributed by atoms with van der Waals surface area (Å²) in [5, 5.41) is 6.76. The molecule has 1 aromatic heterocycles. The van der Waals surface area contributed by atoms with Crippen LogP contribution in [-0.4, -0.2) is 46.2 Å². The molecule has 0 bridgehead atoms. The smallest absolute Gasteiger partial charge is 0.255 e. The lowest BCUT2D eigenvalue weighted by Crippen LogP contribution is -2.56. The molecule has 2 aliphatic rings. The zero-order chi connectivity index (χ0) is 23.3. The van der Waals surface area contributed by atoms with Gasteiger partial charge in [-0.3, -0.25) is 14.4 Å². The van der Waals surface area contributed by atoms with Crippen LogP contribution in [0.5, 0.6) is 0 Å². The third kappa shape index (κ3) is 3.48. The number of H-pyrrole nitrogens is 1. The third-order valence-electron chi connectivity index (χ3n) is 6.59. The number of fused-ring (bicyclic) bond motifs is 7. The van der Waals surface area contributed by atoms with Crippen molar-refractivity contribution in [1.29, 1.82) is 0 Å². The second-order valence-electron chi connectivity index (χ2n) is 9.35. The molecule has 3 atom stereocenters. The minimum Gasteiger partial charge on any atom is -0.356 e. The van der Waals surface area contributed by atoms with E-state index in [0.29, 0.717) is 24.4 Å². The summed E-state index contributed by atoms with van der Waals surface area (Å²) in [5.41, 5.74) is 4.52. The zero-order valence-corrected chi connectivity index (χ0v) is 19.0. The number of carbonyl (C=O) groups is 3. The largest absolute Gasteiger partial charge is 0.356 e. The number of aromatic nitrogens is 1. The van der Waals surface area contributed by atoms with Gasteiger partial charge in [0.15, 0.2) is 0 Å². The number of hydrogen-bond acceptors (Lipinski definition) is 3. The number of rotatable bonds is 5. The zero-order valence-electron chi connectivity index (χ0n) is 19.0. The average molecular weight is 445 g/mol. The van der Waals surface area contributed by atoms with Gasteiger partial charge in [-0.25, -0.2) is 0 Å². The van der Waals surface area contributed by atoms with E-state index in [1.54, 1.807) is 11.8 Å². The van der Waals surface area contributed by atoms with E-state index in [4.69, 9.17) is 0 Å². The highest BCUT2D eigenvalue weighted by Crippen LogP contribution is 2.46. The van der Waals surface area contributed by atoms with Crippen molar-refractivity contribution in [3.63, 3.8) is 0 Å². The second-order valence-corrected chi connectivity index (χ2v) is 9.35. The Labute approximate surface area is 192 Å². The predicted molar refractivity (Wildman–Crippen MR) is 126 cm³/mol. The van der Waals surface area contributed by atoms with E-state index in [1.165, 1.54) is 0 Å². The van der Waals surface area contributed by atoms with Gasteiger partial charge in [0.1, 0.15) is 12.1 Å². The Morgan fingerprint density at radius 2 is 1.82 bits per heavy atom. The second kappa shape index (κ2) is 8.06. The molecule has 0 fully saturated rings. The summed E-state index contributed by atoms with van der Waals surface area (Å²) in [4.78, 5) is 44.5. The number of benzene rings is 2. The first kappa shape index (κ1) is 21.2. The number of aromatic amines is 1. The van der Waals surface area contributed by atoms with Crippen molar-refractivity contribution in [2.75, 3.05) is 6.54 Å². The summed E-state index contributed by atoms with van der Waals surface area (Å²) in [5.74, 6) is -0.383. The van der Waals surface area contributed by atoms with Crippen molar-refractivity contribution < 1.29 is 14.4 Å². The summed E-state index contributed by atoms with van der Waals surface area (Å²) in [6.45, 7) is 6.25. The Morgan fingerprint density at radius 1 is 1.09 bits per heavy atom. The molecule has 3 heterocycles. The first-order valence-corrected chi connectivity index (χ1v) is 11.5. The minimum atomic E-state index is -0.707. The molecule has 33 heavy (non-hydrogen) atoms. The molecule has 0 saturated carbocycles. The molecule has 0 radical (unpaired) electrons.